The Morgan fingerprint density at radius 1 is 1.20 bits per heavy atom. The first-order valence-electron chi connectivity index (χ1n) is 7.39. The van der Waals surface area contributed by atoms with Crippen molar-refractivity contribution in [3.8, 4) is 6.07 Å². The van der Waals surface area contributed by atoms with Gasteiger partial charge in [-0.25, -0.2) is 4.67 Å². The van der Waals surface area contributed by atoms with Gasteiger partial charge in [0, 0.05) is 19.0 Å². The maximum Gasteiger partial charge on any atom is 0.277 e. The van der Waals surface area contributed by atoms with Crippen LogP contribution in [-0.2, 0) is 9.09 Å². The van der Waals surface area contributed by atoms with Gasteiger partial charge in [-0.05, 0) is 39.0 Å². The zero-order valence-corrected chi connectivity index (χ0v) is 14.7. The van der Waals surface area contributed by atoms with Crippen LogP contribution >= 0.6 is 7.52 Å². The third kappa shape index (κ3) is 4.32. The fourth-order valence-corrected chi connectivity index (χ4v) is 4.96. The summed E-state index contributed by atoms with van der Waals surface area (Å²) in [5.74, 6) is 0.0993. The number of nitrogens with zero attached hydrogens (tertiary/aromatic N) is 2. The second kappa shape index (κ2) is 6.18. The molecule has 5 heteroatoms. The van der Waals surface area contributed by atoms with Gasteiger partial charge in [0.2, 0.25) is 0 Å². The van der Waals surface area contributed by atoms with E-state index >= 15 is 0 Å². The lowest BCUT2D eigenvalue weighted by molar-refractivity contribution is 0.160. The second-order valence-electron chi connectivity index (χ2n) is 7.88. The molecule has 1 aliphatic rings. The highest BCUT2D eigenvalue weighted by molar-refractivity contribution is 7.58. The van der Waals surface area contributed by atoms with Gasteiger partial charge in [0.15, 0.2) is 0 Å². The highest BCUT2D eigenvalue weighted by Crippen LogP contribution is 2.62. The number of hydrogen-bond acceptors (Lipinski definition) is 3. The van der Waals surface area contributed by atoms with Gasteiger partial charge in [0.25, 0.3) is 7.52 Å². The van der Waals surface area contributed by atoms with Gasteiger partial charge in [-0.3, -0.25) is 4.57 Å². The van der Waals surface area contributed by atoms with Gasteiger partial charge >= 0.3 is 0 Å². The van der Waals surface area contributed by atoms with Crippen LogP contribution < -0.4 is 0 Å². The fraction of sp³-hybridized carbons (Fsp3) is 0.933. The number of rotatable bonds is 3. The van der Waals surface area contributed by atoms with Gasteiger partial charge in [-0.15, -0.1) is 0 Å². The first-order chi connectivity index (χ1) is 8.99. The molecule has 0 saturated carbocycles. The molecule has 0 amide bonds. The van der Waals surface area contributed by atoms with Crippen molar-refractivity contribution in [2.24, 2.45) is 11.3 Å². The predicted octanol–water partition coefficient (Wildman–Crippen LogP) is 4.28. The molecule has 1 fully saturated rings. The van der Waals surface area contributed by atoms with Gasteiger partial charge in [-0.2, -0.15) is 5.26 Å². The molecule has 0 aromatic rings. The third-order valence-corrected chi connectivity index (χ3v) is 6.87. The Morgan fingerprint density at radius 2 is 1.70 bits per heavy atom. The summed E-state index contributed by atoms with van der Waals surface area (Å²) in [4.78, 5) is 0. The summed E-state index contributed by atoms with van der Waals surface area (Å²) in [5.41, 5.74) is -0.00805. The molecule has 0 aromatic carbocycles. The van der Waals surface area contributed by atoms with Crippen molar-refractivity contribution in [2.75, 3.05) is 19.7 Å². The maximum atomic E-state index is 13.5. The number of piperidine rings is 1. The van der Waals surface area contributed by atoms with Crippen molar-refractivity contribution >= 4 is 7.52 Å². The minimum Gasteiger partial charge on any atom is -0.316 e. The summed E-state index contributed by atoms with van der Waals surface area (Å²) in [6, 6.07) is 2.31. The molecule has 1 rings (SSSR count). The van der Waals surface area contributed by atoms with E-state index in [2.05, 4.69) is 26.8 Å². The van der Waals surface area contributed by atoms with Crippen molar-refractivity contribution in [3.63, 3.8) is 0 Å². The average Bonchev–Trinajstić information content (AvgIpc) is 2.34. The summed E-state index contributed by atoms with van der Waals surface area (Å²) in [6.45, 7) is 14.1. The molecule has 0 radical (unpaired) electrons. The van der Waals surface area contributed by atoms with Crippen LogP contribution in [0.5, 0.6) is 0 Å². The zero-order valence-electron chi connectivity index (χ0n) is 13.8. The van der Waals surface area contributed by atoms with Crippen molar-refractivity contribution in [2.45, 2.75) is 59.5 Å². The van der Waals surface area contributed by atoms with Gasteiger partial charge in [0.05, 0.1) is 17.8 Å². The Kier molecular flexibility index (Phi) is 5.46. The summed E-state index contributed by atoms with van der Waals surface area (Å²) < 4.78 is 21.4. The SMILES string of the molecule is CC(C)(C)COP(=O)(N1CCC(C#N)CC1)C(C)(C)C. The molecular weight excluding hydrogens is 271 g/mol. The van der Waals surface area contributed by atoms with E-state index in [1.165, 1.54) is 0 Å². The van der Waals surface area contributed by atoms with E-state index in [1.807, 2.05) is 25.4 Å². The van der Waals surface area contributed by atoms with E-state index in [1.54, 1.807) is 0 Å². The van der Waals surface area contributed by atoms with Crippen LogP contribution in [0.25, 0.3) is 0 Å². The Hall–Kier alpha value is -0.360. The fourth-order valence-electron chi connectivity index (χ4n) is 2.24. The molecule has 4 nitrogen and oxygen atoms in total. The van der Waals surface area contributed by atoms with Crippen LogP contribution in [0.3, 0.4) is 0 Å². The largest absolute Gasteiger partial charge is 0.316 e. The molecule has 20 heavy (non-hydrogen) atoms. The van der Waals surface area contributed by atoms with Crippen molar-refractivity contribution in [1.29, 1.82) is 5.26 Å². The lowest BCUT2D eigenvalue weighted by atomic mass is 9.99. The van der Waals surface area contributed by atoms with Gasteiger partial charge in [-0.1, -0.05) is 20.8 Å². The minimum absolute atomic E-state index is 0.00805. The highest BCUT2D eigenvalue weighted by Gasteiger charge is 2.45. The molecule has 0 spiro atoms. The normalized spacial score (nSPS) is 22.2. The van der Waals surface area contributed by atoms with Gasteiger partial charge in [0.1, 0.15) is 0 Å². The van der Waals surface area contributed by atoms with Crippen molar-refractivity contribution in [1.82, 2.24) is 4.67 Å². The molecule has 0 aromatic heterocycles. The average molecular weight is 300 g/mol. The van der Waals surface area contributed by atoms with Crippen LogP contribution in [0.15, 0.2) is 0 Å². The van der Waals surface area contributed by atoms with Crippen LogP contribution in [0.4, 0.5) is 0 Å². The molecule has 1 saturated heterocycles. The Bertz CT molecular complexity index is 407. The summed E-state index contributed by atoms with van der Waals surface area (Å²) in [5, 5.41) is 8.58. The van der Waals surface area contributed by atoms with E-state index in [-0.39, 0.29) is 11.3 Å². The standard InChI is InChI=1S/C15H29N2O2P/c1-14(2,3)12-19-20(18,15(4,5)6)17-9-7-13(11-16)8-10-17/h13H,7-10,12H2,1-6H3. The molecule has 1 heterocycles. The molecule has 0 N–H and O–H groups in total. The first-order valence-corrected chi connectivity index (χ1v) is 8.97. The topological polar surface area (TPSA) is 53.3 Å². The summed E-state index contributed by atoms with van der Waals surface area (Å²) in [7, 11) is -2.89. The zero-order chi connectivity index (χ0) is 15.6. The quantitative estimate of drug-likeness (QED) is 0.730. The van der Waals surface area contributed by atoms with Crippen LogP contribution in [0.2, 0.25) is 0 Å². The lowest BCUT2D eigenvalue weighted by Crippen LogP contribution is -2.38. The van der Waals surface area contributed by atoms with Crippen LogP contribution in [0.1, 0.15) is 54.4 Å². The monoisotopic (exact) mass is 300 g/mol. The lowest BCUT2D eigenvalue weighted by Gasteiger charge is -2.42. The minimum atomic E-state index is -2.89. The van der Waals surface area contributed by atoms with E-state index < -0.39 is 12.7 Å². The van der Waals surface area contributed by atoms with E-state index in [4.69, 9.17) is 9.79 Å². The number of hydrogen-bond donors (Lipinski definition) is 0. The molecule has 1 aliphatic heterocycles. The first kappa shape index (κ1) is 17.7. The molecule has 1 unspecified atom stereocenters. The van der Waals surface area contributed by atoms with Crippen LogP contribution in [-0.4, -0.2) is 29.5 Å². The Balaban J connectivity index is 2.86. The highest BCUT2D eigenvalue weighted by atomic mass is 31.2. The third-order valence-electron chi connectivity index (χ3n) is 3.55. The van der Waals surface area contributed by atoms with Crippen molar-refractivity contribution in [3.05, 3.63) is 0 Å². The number of nitriles is 1. The molecule has 116 valence electrons. The second-order valence-corrected chi connectivity index (χ2v) is 11.1. The molecule has 1 atom stereocenters. The Morgan fingerprint density at radius 3 is 2.05 bits per heavy atom. The summed E-state index contributed by atoms with van der Waals surface area (Å²) in [6.07, 6.45) is 1.57. The Labute approximate surface area is 124 Å². The maximum absolute atomic E-state index is 13.5. The van der Waals surface area contributed by atoms with E-state index in [9.17, 15) is 4.57 Å². The molecule has 0 bridgehead atoms. The van der Waals surface area contributed by atoms with E-state index in [0.29, 0.717) is 19.7 Å². The molecular formula is C15H29N2O2P. The van der Waals surface area contributed by atoms with Crippen molar-refractivity contribution < 1.29 is 9.09 Å². The van der Waals surface area contributed by atoms with Crippen LogP contribution in [0, 0.1) is 22.7 Å². The molecule has 0 aliphatic carbocycles. The van der Waals surface area contributed by atoms with E-state index in [0.717, 1.165) is 12.8 Å². The predicted molar refractivity (Wildman–Crippen MR) is 82.7 cm³/mol. The smallest absolute Gasteiger partial charge is 0.277 e. The van der Waals surface area contributed by atoms with Gasteiger partial charge < -0.3 is 4.52 Å². The summed E-state index contributed by atoms with van der Waals surface area (Å²) >= 11 is 0.